The van der Waals surface area contributed by atoms with Gasteiger partial charge in [0, 0.05) is 3.57 Å². The van der Waals surface area contributed by atoms with E-state index >= 15 is 0 Å². The van der Waals surface area contributed by atoms with Crippen molar-refractivity contribution in [3.63, 3.8) is 0 Å². The first-order chi connectivity index (χ1) is 8.96. The fourth-order valence-electron chi connectivity index (χ4n) is 2.14. The van der Waals surface area contributed by atoms with Gasteiger partial charge in [0.1, 0.15) is 0 Å². The molecule has 7 heteroatoms. The lowest BCUT2D eigenvalue weighted by Gasteiger charge is -2.22. The van der Waals surface area contributed by atoms with E-state index in [2.05, 4.69) is 32.6 Å². The van der Waals surface area contributed by atoms with Crippen LogP contribution in [0.2, 0.25) is 5.02 Å². The third-order valence-electron chi connectivity index (χ3n) is 3.11. The van der Waals surface area contributed by atoms with Gasteiger partial charge < -0.3 is 5.32 Å². The lowest BCUT2D eigenvalue weighted by Crippen LogP contribution is -2.33. The molecule has 2 N–H and O–H groups in total. The van der Waals surface area contributed by atoms with Gasteiger partial charge >= 0.3 is 0 Å². The molecule has 1 aliphatic heterocycles. The van der Waals surface area contributed by atoms with E-state index in [1.54, 1.807) is 12.1 Å². The molecule has 1 fully saturated rings. The fourth-order valence-corrected chi connectivity index (χ4v) is 4.65. The summed E-state index contributed by atoms with van der Waals surface area (Å²) in [5.74, 6) is 0.387. The quantitative estimate of drug-likeness (QED) is 0.745. The van der Waals surface area contributed by atoms with Gasteiger partial charge in [-0.2, -0.15) is 0 Å². The van der Waals surface area contributed by atoms with E-state index < -0.39 is 10.0 Å². The van der Waals surface area contributed by atoms with Crippen LogP contribution in [0.3, 0.4) is 0 Å². The molecule has 0 amide bonds. The van der Waals surface area contributed by atoms with E-state index in [1.165, 1.54) is 0 Å². The monoisotopic (exact) mass is 414 g/mol. The Morgan fingerprint density at radius 3 is 2.68 bits per heavy atom. The van der Waals surface area contributed by atoms with E-state index in [1.807, 2.05) is 6.07 Å². The molecule has 1 heterocycles. The van der Waals surface area contributed by atoms with Crippen LogP contribution >= 0.6 is 34.2 Å². The van der Waals surface area contributed by atoms with Gasteiger partial charge in [-0.3, -0.25) is 4.72 Å². The molecular weight excluding hydrogens is 399 g/mol. The standard InChI is InChI=1S/C12H16ClIN2O2S/c13-11-7-10(14)1-2-12(11)16-19(17,18)8-9-3-5-15-6-4-9/h1-2,7,9,15-16H,3-6,8H2. The summed E-state index contributed by atoms with van der Waals surface area (Å²) in [6, 6.07) is 5.27. The Hall–Kier alpha value is -0.0500. The van der Waals surface area contributed by atoms with Crippen molar-refractivity contribution in [1.82, 2.24) is 5.32 Å². The first kappa shape index (κ1) is 15.3. The van der Waals surface area contributed by atoms with Crippen LogP contribution in [0, 0.1) is 9.49 Å². The molecule has 4 nitrogen and oxygen atoms in total. The van der Waals surface area contributed by atoms with Gasteiger partial charge in [-0.1, -0.05) is 11.6 Å². The molecule has 19 heavy (non-hydrogen) atoms. The molecule has 0 unspecified atom stereocenters. The molecule has 0 aromatic heterocycles. The minimum atomic E-state index is -3.33. The van der Waals surface area contributed by atoms with Crippen LogP contribution in [0.5, 0.6) is 0 Å². The molecule has 1 aromatic carbocycles. The van der Waals surface area contributed by atoms with E-state index in [4.69, 9.17) is 11.6 Å². The van der Waals surface area contributed by atoms with Gasteiger partial charge in [0.25, 0.3) is 0 Å². The molecule has 0 bridgehead atoms. The van der Waals surface area contributed by atoms with Crippen molar-refractivity contribution < 1.29 is 8.42 Å². The predicted molar refractivity (Wildman–Crippen MR) is 87.2 cm³/mol. The molecule has 0 atom stereocenters. The van der Waals surface area contributed by atoms with Crippen molar-refractivity contribution >= 4 is 49.9 Å². The first-order valence-electron chi connectivity index (χ1n) is 6.12. The minimum Gasteiger partial charge on any atom is -0.317 e. The highest BCUT2D eigenvalue weighted by molar-refractivity contribution is 14.1. The summed E-state index contributed by atoms with van der Waals surface area (Å²) in [5, 5.41) is 3.66. The highest BCUT2D eigenvalue weighted by atomic mass is 127. The van der Waals surface area contributed by atoms with E-state index in [-0.39, 0.29) is 11.7 Å². The van der Waals surface area contributed by atoms with E-state index in [0.29, 0.717) is 10.7 Å². The van der Waals surface area contributed by atoms with Crippen molar-refractivity contribution in [1.29, 1.82) is 0 Å². The number of hydrogen-bond donors (Lipinski definition) is 2. The molecule has 0 spiro atoms. The molecule has 1 saturated heterocycles. The van der Waals surface area contributed by atoms with Crippen molar-refractivity contribution in [3.8, 4) is 0 Å². The van der Waals surface area contributed by atoms with Crippen LogP contribution in [0.25, 0.3) is 0 Å². The number of halogens is 2. The molecular formula is C12H16ClIN2O2S. The number of sulfonamides is 1. The van der Waals surface area contributed by atoms with Crippen molar-refractivity contribution in [2.45, 2.75) is 12.8 Å². The Labute approximate surface area is 132 Å². The third-order valence-corrected chi connectivity index (χ3v) is 5.54. The number of anilines is 1. The molecule has 1 aliphatic rings. The Bertz CT molecular complexity index is 545. The van der Waals surface area contributed by atoms with Crippen LogP contribution < -0.4 is 10.0 Å². The molecule has 2 rings (SSSR count). The zero-order valence-electron chi connectivity index (χ0n) is 10.3. The van der Waals surface area contributed by atoms with Crippen molar-refractivity contribution in [2.24, 2.45) is 5.92 Å². The fraction of sp³-hybridized carbons (Fsp3) is 0.500. The Balaban J connectivity index is 2.03. The summed E-state index contributed by atoms with van der Waals surface area (Å²) in [5.41, 5.74) is 0.455. The number of benzene rings is 1. The van der Waals surface area contributed by atoms with Gasteiger partial charge in [0.2, 0.25) is 10.0 Å². The first-order valence-corrected chi connectivity index (χ1v) is 9.23. The summed E-state index contributed by atoms with van der Waals surface area (Å²) < 4.78 is 27.8. The van der Waals surface area contributed by atoms with Gasteiger partial charge in [0.05, 0.1) is 16.5 Å². The maximum atomic E-state index is 12.1. The van der Waals surface area contributed by atoms with Gasteiger partial charge in [0.15, 0.2) is 0 Å². The second kappa shape index (κ2) is 6.60. The third kappa shape index (κ3) is 4.77. The summed E-state index contributed by atoms with van der Waals surface area (Å²) in [4.78, 5) is 0. The second-order valence-electron chi connectivity index (χ2n) is 4.70. The average Bonchev–Trinajstić information content (AvgIpc) is 2.33. The summed E-state index contributed by atoms with van der Waals surface area (Å²) in [7, 11) is -3.33. The van der Waals surface area contributed by atoms with E-state index in [0.717, 1.165) is 29.5 Å². The highest BCUT2D eigenvalue weighted by Crippen LogP contribution is 2.25. The Morgan fingerprint density at radius 1 is 1.37 bits per heavy atom. The maximum absolute atomic E-state index is 12.1. The molecule has 106 valence electrons. The zero-order valence-corrected chi connectivity index (χ0v) is 14.1. The lowest BCUT2D eigenvalue weighted by atomic mass is 10.0. The smallest absolute Gasteiger partial charge is 0.233 e. The SMILES string of the molecule is O=S(=O)(CC1CCNCC1)Nc1ccc(I)cc1Cl. The van der Waals surface area contributed by atoms with Crippen LogP contribution in [-0.2, 0) is 10.0 Å². The lowest BCUT2D eigenvalue weighted by molar-refractivity contribution is 0.402. The van der Waals surface area contributed by atoms with Gasteiger partial charge in [-0.15, -0.1) is 0 Å². The minimum absolute atomic E-state index is 0.164. The van der Waals surface area contributed by atoms with Gasteiger partial charge in [-0.05, 0) is 72.6 Å². The average molecular weight is 415 g/mol. The topological polar surface area (TPSA) is 58.2 Å². The Kier molecular flexibility index (Phi) is 5.33. The Morgan fingerprint density at radius 2 is 2.05 bits per heavy atom. The molecule has 0 aliphatic carbocycles. The van der Waals surface area contributed by atoms with Gasteiger partial charge in [-0.25, -0.2) is 8.42 Å². The molecule has 0 radical (unpaired) electrons. The van der Waals surface area contributed by atoms with Crippen LogP contribution in [0.15, 0.2) is 18.2 Å². The molecule has 0 saturated carbocycles. The summed E-state index contributed by atoms with van der Waals surface area (Å²) in [6.45, 7) is 1.79. The van der Waals surface area contributed by atoms with Crippen molar-refractivity contribution in [2.75, 3.05) is 23.6 Å². The normalized spacial score (nSPS) is 17.4. The number of nitrogens with one attached hydrogen (secondary N) is 2. The van der Waals surface area contributed by atoms with Crippen LogP contribution in [0.4, 0.5) is 5.69 Å². The van der Waals surface area contributed by atoms with E-state index in [9.17, 15) is 8.42 Å². The highest BCUT2D eigenvalue weighted by Gasteiger charge is 2.21. The van der Waals surface area contributed by atoms with Crippen molar-refractivity contribution in [3.05, 3.63) is 26.8 Å². The van der Waals surface area contributed by atoms with Crippen LogP contribution in [0.1, 0.15) is 12.8 Å². The zero-order chi connectivity index (χ0) is 13.9. The molecule has 1 aromatic rings. The number of hydrogen-bond acceptors (Lipinski definition) is 3. The number of rotatable bonds is 4. The van der Waals surface area contributed by atoms with Crippen LogP contribution in [-0.4, -0.2) is 27.3 Å². The predicted octanol–water partition coefficient (Wildman–Crippen LogP) is 2.69. The maximum Gasteiger partial charge on any atom is 0.233 e. The second-order valence-corrected chi connectivity index (χ2v) is 8.12. The largest absolute Gasteiger partial charge is 0.317 e. The summed E-state index contributed by atoms with van der Waals surface area (Å²) >= 11 is 8.17. The summed E-state index contributed by atoms with van der Waals surface area (Å²) in [6.07, 6.45) is 1.81. The number of piperidine rings is 1.